The summed E-state index contributed by atoms with van der Waals surface area (Å²) in [6, 6.07) is 7.00. The van der Waals surface area contributed by atoms with Crippen molar-refractivity contribution in [1.82, 2.24) is 9.97 Å². The highest BCUT2D eigenvalue weighted by molar-refractivity contribution is 6.35. The maximum atomic E-state index is 5.86. The monoisotopic (exact) mass is 224 g/mol. The average Bonchev–Trinajstić information content (AvgIpc) is 2.18. The van der Waals surface area contributed by atoms with Gasteiger partial charge in [0.1, 0.15) is 0 Å². The summed E-state index contributed by atoms with van der Waals surface area (Å²) in [5.41, 5.74) is 0.822. The summed E-state index contributed by atoms with van der Waals surface area (Å²) in [5, 5.41) is 1.17. The van der Waals surface area contributed by atoms with Gasteiger partial charge in [0, 0.05) is 28.0 Å². The molecule has 0 aliphatic heterocycles. The van der Waals surface area contributed by atoms with E-state index in [-0.39, 0.29) is 0 Å². The van der Waals surface area contributed by atoms with Gasteiger partial charge in [0.25, 0.3) is 0 Å². The van der Waals surface area contributed by atoms with Gasteiger partial charge >= 0.3 is 0 Å². The minimum absolute atomic E-state index is 0.583. The van der Waals surface area contributed by atoms with Crippen LogP contribution in [0.5, 0.6) is 0 Å². The van der Waals surface area contributed by atoms with E-state index in [1.54, 1.807) is 36.7 Å². The first-order chi connectivity index (χ1) is 6.75. The average molecular weight is 225 g/mol. The standard InChI is InChI=1S/C10H6Cl2N2/c11-8-4-7(5-9(12)6-8)10-13-2-1-3-14-10/h1-6H. The maximum absolute atomic E-state index is 5.86. The Hall–Kier alpha value is -1.12. The molecule has 1 aromatic carbocycles. The number of benzene rings is 1. The molecule has 0 fully saturated rings. The lowest BCUT2D eigenvalue weighted by molar-refractivity contribution is 1.18. The molecule has 2 nitrogen and oxygen atoms in total. The van der Waals surface area contributed by atoms with Crippen LogP contribution in [0.15, 0.2) is 36.7 Å². The van der Waals surface area contributed by atoms with Gasteiger partial charge in [-0.2, -0.15) is 0 Å². The zero-order valence-electron chi connectivity index (χ0n) is 7.11. The summed E-state index contributed by atoms with van der Waals surface area (Å²) in [6.45, 7) is 0. The number of rotatable bonds is 1. The summed E-state index contributed by atoms with van der Waals surface area (Å²) in [6.07, 6.45) is 3.36. The van der Waals surface area contributed by atoms with Crippen molar-refractivity contribution in [2.75, 3.05) is 0 Å². The van der Waals surface area contributed by atoms with Crippen molar-refractivity contribution in [2.24, 2.45) is 0 Å². The van der Waals surface area contributed by atoms with Crippen molar-refractivity contribution < 1.29 is 0 Å². The molecule has 2 aromatic rings. The van der Waals surface area contributed by atoms with Crippen molar-refractivity contribution >= 4 is 23.2 Å². The van der Waals surface area contributed by atoms with E-state index >= 15 is 0 Å². The lowest BCUT2D eigenvalue weighted by Gasteiger charge is -2.00. The Kier molecular flexibility index (Phi) is 2.66. The second-order valence-corrected chi connectivity index (χ2v) is 3.60. The largest absolute Gasteiger partial charge is 0.237 e. The molecule has 0 radical (unpaired) electrons. The van der Waals surface area contributed by atoms with Crippen LogP contribution in [0.4, 0.5) is 0 Å². The topological polar surface area (TPSA) is 25.8 Å². The summed E-state index contributed by atoms with van der Waals surface area (Å²) < 4.78 is 0. The van der Waals surface area contributed by atoms with E-state index in [0.717, 1.165) is 5.56 Å². The van der Waals surface area contributed by atoms with Crippen molar-refractivity contribution in [1.29, 1.82) is 0 Å². The number of halogens is 2. The quantitative estimate of drug-likeness (QED) is 0.742. The number of hydrogen-bond donors (Lipinski definition) is 0. The summed E-state index contributed by atoms with van der Waals surface area (Å²) in [4.78, 5) is 8.21. The second-order valence-electron chi connectivity index (χ2n) is 2.73. The third kappa shape index (κ3) is 2.03. The Morgan fingerprint density at radius 3 is 2.00 bits per heavy atom. The molecule has 1 heterocycles. The van der Waals surface area contributed by atoms with E-state index in [2.05, 4.69) is 9.97 Å². The fourth-order valence-corrected chi connectivity index (χ4v) is 1.66. The highest BCUT2D eigenvalue weighted by Gasteiger charge is 2.02. The highest BCUT2D eigenvalue weighted by atomic mass is 35.5. The van der Waals surface area contributed by atoms with Gasteiger partial charge in [-0.1, -0.05) is 23.2 Å². The highest BCUT2D eigenvalue weighted by Crippen LogP contribution is 2.24. The van der Waals surface area contributed by atoms with E-state index in [0.29, 0.717) is 15.9 Å². The molecule has 0 spiro atoms. The molecule has 0 unspecified atom stereocenters. The summed E-state index contributed by atoms with van der Waals surface area (Å²) in [5.74, 6) is 0.622. The van der Waals surface area contributed by atoms with Crippen LogP contribution >= 0.6 is 23.2 Å². The number of nitrogens with zero attached hydrogens (tertiary/aromatic N) is 2. The van der Waals surface area contributed by atoms with Gasteiger partial charge in [-0.25, -0.2) is 9.97 Å². The van der Waals surface area contributed by atoms with Crippen LogP contribution in [-0.4, -0.2) is 9.97 Å². The van der Waals surface area contributed by atoms with Crippen LogP contribution in [0.3, 0.4) is 0 Å². The molecule has 0 saturated heterocycles. The van der Waals surface area contributed by atoms with Gasteiger partial charge in [-0.05, 0) is 24.3 Å². The predicted octanol–water partition coefficient (Wildman–Crippen LogP) is 3.45. The minimum Gasteiger partial charge on any atom is -0.237 e. The number of hydrogen-bond acceptors (Lipinski definition) is 2. The molecule has 0 aliphatic rings. The van der Waals surface area contributed by atoms with E-state index in [4.69, 9.17) is 23.2 Å². The predicted molar refractivity (Wildman–Crippen MR) is 57.5 cm³/mol. The molecule has 1 aromatic heterocycles. The zero-order chi connectivity index (χ0) is 9.97. The Bertz CT molecular complexity index is 423. The third-order valence-corrected chi connectivity index (χ3v) is 2.12. The van der Waals surface area contributed by atoms with Crippen molar-refractivity contribution in [2.45, 2.75) is 0 Å². The molecular formula is C10H6Cl2N2. The first-order valence-corrected chi connectivity index (χ1v) is 4.75. The minimum atomic E-state index is 0.583. The van der Waals surface area contributed by atoms with Crippen LogP contribution < -0.4 is 0 Å². The second kappa shape index (κ2) is 3.95. The molecule has 4 heteroatoms. The van der Waals surface area contributed by atoms with Gasteiger partial charge in [0.15, 0.2) is 5.82 Å². The molecule has 0 atom stereocenters. The van der Waals surface area contributed by atoms with Crippen molar-refractivity contribution in [3.05, 3.63) is 46.7 Å². The van der Waals surface area contributed by atoms with E-state index in [1.165, 1.54) is 0 Å². The third-order valence-electron chi connectivity index (χ3n) is 1.69. The Morgan fingerprint density at radius 2 is 1.43 bits per heavy atom. The van der Waals surface area contributed by atoms with Crippen LogP contribution in [0, 0.1) is 0 Å². The lowest BCUT2D eigenvalue weighted by Crippen LogP contribution is -1.86. The van der Waals surface area contributed by atoms with Gasteiger partial charge in [-0.3, -0.25) is 0 Å². The van der Waals surface area contributed by atoms with E-state index in [1.807, 2.05) is 0 Å². The smallest absolute Gasteiger partial charge is 0.159 e. The van der Waals surface area contributed by atoms with E-state index < -0.39 is 0 Å². The molecule has 0 aliphatic carbocycles. The van der Waals surface area contributed by atoms with Gasteiger partial charge in [-0.15, -0.1) is 0 Å². The SMILES string of the molecule is Clc1cc(Cl)cc(-c2ncccn2)c1. The van der Waals surface area contributed by atoms with Crippen LogP contribution in [-0.2, 0) is 0 Å². The maximum Gasteiger partial charge on any atom is 0.159 e. The van der Waals surface area contributed by atoms with Crippen LogP contribution in [0.1, 0.15) is 0 Å². The summed E-state index contributed by atoms with van der Waals surface area (Å²) >= 11 is 11.7. The number of aromatic nitrogens is 2. The van der Waals surface area contributed by atoms with Gasteiger partial charge in [0.2, 0.25) is 0 Å². The fourth-order valence-electron chi connectivity index (χ4n) is 1.13. The molecule has 0 N–H and O–H groups in total. The van der Waals surface area contributed by atoms with Gasteiger partial charge in [0.05, 0.1) is 0 Å². The zero-order valence-corrected chi connectivity index (χ0v) is 8.63. The van der Waals surface area contributed by atoms with Crippen LogP contribution in [0.2, 0.25) is 10.0 Å². The molecule has 0 saturated carbocycles. The molecule has 14 heavy (non-hydrogen) atoms. The molecule has 0 amide bonds. The molecule has 70 valence electrons. The first-order valence-electron chi connectivity index (χ1n) is 3.99. The van der Waals surface area contributed by atoms with E-state index in [9.17, 15) is 0 Å². The van der Waals surface area contributed by atoms with Crippen molar-refractivity contribution in [3.8, 4) is 11.4 Å². The normalized spacial score (nSPS) is 10.1. The van der Waals surface area contributed by atoms with Crippen LogP contribution in [0.25, 0.3) is 11.4 Å². The molecule has 0 bridgehead atoms. The van der Waals surface area contributed by atoms with Crippen molar-refractivity contribution in [3.63, 3.8) is 0 Å². The summed E-state index contributed by atoms with van der Waals surface area (Å²) in [7, 11) is 0. The first kappa shape index (κ1) is 9.44. The Labute approximate surface area is 91.5 Å². The fraction of sp³-hybridized carbons (Fsp3) is 0. The molecular weight excluding hydrogens is 219 g/mol. The Morgan fingerprint density at radius 1 is 0.857 bits per heavy atom. The lowest BCUT2D eigenvalue weighted by atomic mass is 10.2. The Balaban J connectivity index is 2.52. The van der Waals surface area contributed by atoms with Gasteiger partial charge < -0.3 is 0 Å². The molecule has 2 rings (SSSR count).